The molecule has 0 saturated heterocycles. The molecule has 1 N–H and O–H groups in total. The fraction of sp³-hybridized carbons (Fsp3) is 1.00. The summed E-state index contributed by atoms with van der Waals surface area (Å²) in [6.07, 6.45) is 4.57. The summed E-state index contributed by atoms with van der Waals surface area (Å²) in [5.74, 6) is 1.29. The van der Waals surface area contributed by atoms with Gasteiger partial charge in [-0.05, 0) is 44.6 Å². The quantitative estimate of drug-likeness (QED) is 0.678. The van der Waals surface area contributed by atoms with Crippen molar-refractivity contribution in [3.63, 3.8) is 0 Å². The fourth-order valence-corrected chi connectivity index (χ4v) is 2.96. The molecule has 108 valence electrons. The van der Waals surface area contributed by atoms with E-state index in [0.29, 0.717) is 5.92 Å². The Kier molecular flexibility index (Phi) is 7.87. The van der Waals surface area contributed by atoms with Crippen molar-refractivity contribution in [3.8, 4) is 0 Å². The van der Waals surface area contributed by atoms with Gasteiger partial charge in [0, 0.05) is 19.7 Å². The second-order valence-electron chi connectivity index (χ2n) is 5.50. The Hall–Kier alpha value is -0.120. The highest BCUT2D eigenvalue weighted by atomic mass is 16.5. The highest BCUT2D eigenvalue weighted by Crippen LogP contribution is 2.31. The number of nitrogens with zero attached hydrogens (tertiary/aromatic N) is 1. The highest BCUT2D eigenvalue weighted by molar-refractivity contribution is 4.81. The molecule has 1 aliphatic carbocycles. The van der Waals surface area contributed by atoms with E-state index in [-0.39, 0.29) is 6.10 Å². The molecule has 3 atom stereocenters. The maximum atomic E-state index is 10.1. The molecule has 0 amide bonds. The summed E-state index contributed by atoms with van der Waals surface area (Å²) in [5, 5.41) is 10.1. The molecule has 0 aliphatic heterocycles. The zero-order chi connectivity index (χ0) is 13.4. The number of ether oxygens (including phenoxy) is 1. The van der Waals surface area contributed by atoms with Crippen molar-refractivity contribution in [2.24, 2.45) is 11.8 Å². The van der Waals surface area contributed by atoms with Gasteiger partial charge in [-0.1, -0.05) is 20.3 Å². The first-order chi connectivity index (χ1) is 8.71. The lowest BCUT2D eigenvalue weighted by atomic mass is 9.78. The number of rotatable bonds is 8. The average Bonchev–Trinajstić information content (AvgIpc) is 2.40. The summed E-state index contributed by atoms with van der Waals surface area (Å²) in [6.45, 7) is 11.2. The second-order valence-corrected chi connectivity index (χ2v) is 5.50. The third-order valence-electron chi connectivity index (χ3n) is 4.32. The topological polar surface area (TPSA) is 32.7 Å². The van der Waals surface area contributed by atoms with Crippen LogP contribution in [0.2, 0.25) is 0 Å². The van der Waals surface area contributed by atoms with Crippen LogP contribution in [0.1, 0.15) is 46.5 Å². The Morgan fingerprint density at radius 1 is 1.22 bits per heavy atom. The summed E-state index contributed by atoms with van der Waals surface area (Å²) >= 11 is 0. The molecule has 3 nitrogen and oxygen atoms in total. The van der Waals surface area contributed by atoms with E-state index in [1.54, 1.807) is 0 Å². The minimum Gasteiger partial charge on any atom is -0.393 e. The zero-order valence-electron chi connectivity index (χ0n) is 12.4. The standard InChI is InChI=1S/C15H31NO2/c1-4-13-7-8-15(17)14(11-13)12-16(5-2)9-10-18-6-3/h13-15,17H,4-12H2,1-3H3. The number of hydrogen-bond acceptors (Lipinski definition) is 3. The maximum absolute atomic E-state index is 10.1. The molecule has 0 aromatic carbocycles. The van der Waals surface area contributed by atoms with E-state index in [0.717, 1.165) is 45.2 Å². The van der Waals surface area contributed by atoms with Gasteiger partial charge in [0.15, 0.2) is 0 Å². The van der Waals surface area contributed by atoms with E-state index >= 15 is 0 Å². The van der Waals surface area contributed by atoms with Crippen LogP contribution in [-0.2, 0) is 4.74 Å². The van der Waals surface area contributed by atoms with Crippen LogP contribution >= 0.6 is 0 Å². The lowest BCUT2D eigenvalue weighted by molar-refractivity contribution is 0.0213. The predicted octanol–water partition coefficient (Wildman–Crippen LogP) is 2.53. The number of likely N-dealkylation sites (N-methyl/N-ethyl adjacent to an activating group) is 1. The molecule has 0 aromatic heterocycles. The minimum absolute atomic E-state index is 0.0889. The van der Waals surface area contributed by atoms with Crippen LogP contribution in [0.15, 0.2) is 0 Å². The van der Waals surface area contributed by atoms with Gasteiger partial charge in [-0.3, -0.25) is 0 Å². The van der Waals surface area contributed by atoms with Crippen molar-refractivity contribution in [1.29, 1.82) is 0 Å². The third kappa shape index (κ3) is 5.25. The summed E-state index contributed by atoms with van der Waals surface area (Å²) in [4.78, 5) is 2.42. The molecule has 0 bridgehead atoms. The first-order valence-electron chi connectivity index (χ1n) is 7.69. The van der Waals surface area contributed by atoms with Crippen molar-refractivity contribution in [1.82, 2.24) is 4.90 Å². The first-order valence-corrected chi connectivity index (χ1v) is 7.69. The molecular weight excluding hydrogens is 226 g/mol. The largest absolute Gasteiger partial charge is 0.393 e. The van der Waals surface area contributed by atoms with E-state index in [2.05, 4.69) is 18.7 Å². The normalized spacial score (nSPS) is 28.8. The summed E-state index contributed by atoms with van der Waals surface area (Å²) < 4.78 is 5.42. The number of aliphatic hydroxyl groups excluding tert-OH is 1. The molecule has 0 radical (unpaired) electrons. The van der Waals surface area contributed by atoms with Gasteiger partial charge in [-0.15, -0.1) is 0 Å². The van der Waals surface area contributed by atoms with E-state index in [9.17, 15) is 5.11 Å². The van der Waals surface area contributed by atoms with E-state index < -0.39 is 0 Å². The van der Waals surface area contributed by atoms with Gasteiger partial charge >= 0.3 is 0 Å². The Labute approximate surface area is 113 Å². The number of aliphatic hydroxyl groups is 1. The third-order valence-corrected chi connectivity index (χ3v) is 4.32. The summed E-state index contributed by atoms with van der Waals surface area (Å²) in [5.41, 5.74) is 0. The summed E-state index contributed by atoms with van der Waals surface area (Å²) in [6, 6.07) is 0. The van der Waals surface area contributed by atoms with Crippen LogP contribution in [0.5, 0.6) is 0 Å². The van der Waals surface area contributed by atoms with Crippen LogP contribution in [0.3, 0.4) is 0 Å². The lowest BCUT2D eigenvalue weighted by Gasteiger charge is -2.36. The molecule has 1 rings (SSSR count). The van der Waals surface area contributed by atoms with Crippen LogP contribution in [0, 0.1) is 11.8 Å². The molecule has 0 heterocycles. The van der Waals surface area contributed by atoms with Gasteiger partial charge in [0.2, 0.25) is 0 Å². The van der Waals surface area contributed by atoms with Crippen molar-refractivity contribution >= 4 is 0 Å². The molecular formula is C15H31NO2. The van der Waals surface area contributed by atoms with Crippen LogP contribution < -0.4 is 0 Å². The molecule has 18 heavy (non-hydrogen) atoms. The molecule has 1 saturated carbocycles. The Morgan fingerprint density at radius 2 is 2.00 bits per heavy atom. The smallest absolute Gasteiger partial charge is 0.0593 e. The molecule has 3 heteroatoms. The SMILES string of the molecule is CCOCCN(CC)CC1CC(CC)CCC1O. The minimum atomic E-state index is -0.0889. The Bertz CT molecular complexity index is 211. The predicted molar refractivity (Wildman–Crippen MR) is 75.7 cm³/mol. The highest BCUT2D eigenvalue weighted by Gasteiger charge is 2.29. The van der Waals surface area contributed by atoms with Crippen molar-refractivity contribution in [2.45, 2.75) is 52.6 Å². The van der Waals surface area contributed by atoms with Gasteiger partial charge in [-0.25, -0.2) is 0 Å². The van der Waals surface area contributed by atoms with E-state index in [1.807, 2.05) is 6.92 Å². The van der Waals surface area contributed by atoms with Crippen LogP contribution in [0.25, 0.3) is 0 Å². The Balaban J connectivity index is 2.36. The first kappa shape index (κ1) is 15.9. The van der Waals surface area contributed by atoms with Crippen LogP contribution in [0.4, 0.5) is 0 Å². The summed E-state index contributed by atoms with van der Waals surface area (Å²) in [7, 11) is 0. The Morgan fingerprint density at radius 3 is 2.61 bits per heavy atom. The lowest BCUT2D eigenvalue weighted by Crippen LogP contribution is -2.40. The molecule has 1 aliphatic rings. The van der Waals surface area contributed by atoms with Gasteiger partial charge in [-0.2, -0.15) is 0 Å². The molecule has 3 unspecified atom stereocenters. The monoisotopic (exact) mass is 257 g/mol. The molecule has 1 fully saturated rings. The average molecular weight is 257 g/mol. The van der Waals surface area contributed by atoms with E-state index in [1.165, 1.54) is 19.3 Å². The second kappa shape index (κ2) is 8.89. The molecule has 0 spiro atoms. The molecule has 0 aromatic rings. The van der Waals surface area contributed by atoms with Crippen LogP contribution in [-0.4, -0.2) is 49.0 Å². The number of hydrogen-bond donors (Lipinski definition) is 1. The fourth-order valence-electron chi connectivity index (χ4n) is 2.96. The van der Waals surface area contributed by atoms with Crippen molar-refractivity contribution < 1.29 is 9.84 Å². The van der Waals surface area contributed by atoms with E-state index in [4.69, 9.17) is 4.74 Å². The maximum Gasteiger partial charge on any atom is 0.0593 e. The van der Waals surface area contributed by atoms with Crippen molar-refractivity contribution in [2.75, 3.05) is 32.8 Å². The zero-order valence-corrected chi connectivity index (χ0v) is 12.4. The van der Waals surface area contributed by atoms with Gasteiger partial charge in [0.1, 0.15) is 0 Å². The van der Waals surface area contributed by atoms with Crippen molar-refractivity contribution in [3.05, 3.63) is 0 Å². The van der Waals surface area contributed by atoms with Gasteiger partial charge in [0.25, 0.3) is 0 Å². The van der Waals surface area contributed by atoms with Gasteiger partial charge in [0.05, 0.1) is 12.7 Å². The van der Waals surface area contributed by atoms with Gasteiger partial charge < -0.3 is 14.7 Å².